The summed E-state index contributed by atoms with van der Waals surface area (Å²) in [5.41, 5.74) is 13.3. The molecule has 0 radical (unpaired) electrons. The van der Waals surface area contributed by atoms with E-state index in [9.17, 15) is 4.79 Å². The van der Waals surface area contributed by atoms with Gasteiger partial charge in [-0.15, -0.1) is 0 Å². The maximum Gasteiger partial charge on any atom is 0.249 e. The fourth-order valence-electron chi connectivity index (χ4n) is 1.89. The monoisotopic (exact) mass is 239 g/mol. The maximum absolute atomic E-state index is 11.4. The number of carbonyl (C=O) groups is 1. The van der Waals surface area contributed by atoms with E-state index in [1.807, 2.05) is 18.2 Å². The van der Waals surface area contributed by atoms with Crippen LogP contribution in [-0.2, 0) is 0 Å². The fraction of sp³-hybridized carbons (Fsp3) is 0. The van der Waals surface area contributed by atoms with Crippen molar-refractivity contribution in [3.8, 4) is 11.1 Å². The van der Waals surface area contributed by atoms with Gasteiger partial charge in [-0.05, 0) is 17.2 Å². The lowest BCUT2D eigenvalue weighted by molar-refractivity contribution is 0.100. The largest absolute Gasteiger partial charge is 0.384 e. The molecule has 1 amide bonds. The van der Waals surface area contributed by atoms with Crippen LogP contribution in [0.15, 0.2) is 48.5 Å². The summed E-state index contributed by atoms with van der Waals surface area (Å²) in [5.74, 6) is -0.533. The Kier molecular flexibility index (Phi) is 3.10. The Morgan fingerprint density at radius 3 is 1.78 bits per heavy atom. The number of hydrogen-bond acceptors (Lipinski definition) is 2. The third-order valence-corrected chi connectivity index (χ3v) is 2.70. The summed E-state index contributed by atoms with van der Waals surface area (Å²) < 4.78 is 0. The number of carbonyl (C=O) groups excluding carboxylic acids is 1. The Bertz CT molecular complexity index is 564. The topological polar surface area (TPSA) is 93.0 Å². The number of hydrogen-bond donors (Lipinski definition) is 3. The zero-order valence-electron chi connectivity index (χ0n) is 9.68. The maximum atomic E-state index is 11.4. The van der Waals surface area contributed by atoms with Gasteiger partial charge < -0.3 is 11.5 Å². The molecule has 0 aliphatic carbocycles. The van der Waals surface area contributed by atoms with Gasteiger partial charge >= 0.3 is 0 Å². The lowest BCUT2D eigenvalue weighted by atomic mass is 9.95. The van der Waals surface area contributed by atoms with Crippen molar-refractivity contribution in [1.29, 1.82) is 5.41 Å². The first-order valence-electron chi connectivity index (χ1n) is 5.44. The molecule has 90 valence electrons. The highest BCUT2D eigenvalue weighted by molar-refractivity contribution is 6.06. The molecule has 2 aromatic rings. The van der Waals surface area contributed by atoms with Crippen LogP contribution in [-0.4, -0.2) is 11.7 Å². The highest BCUT2D eigenvalue weighted by Crippen LogP contribution is 2.26. The molecule has 0 spiro atoms. The first-order valence-corrected chi connectivity index (χ1v) is 5.44. The third kappa shape index (κ3) is 2.08. The second kappa shape index (κ2) is 4.71. The van der Waals surface area contributed by atoms with Crippen molar-refractivity contribution in [3.05, 3.63) is 59.7 Å². The summed E-state index contributed by atoms with van der Waals surface area (Å²) in [6.07, 6.45) is 0. The zero-order chi connectivity index (χ0) is 13.1. The second-order valence-electron chi connectivity index (χ2n) is 3.87. The van der Waals surface area contributed by atoms with E-state index >= 15 is 0 Å². The molecule has 18 heavy (non-hydrogen) atoms. The molecule has 0 bridgehead atoms. The van der Waals surface area contributed by atoms with Crippen molar-refractivity contribution in [2.24, 2.45) is 11.5 Å². The van der Waals surface area contributed by atoms with Crippen LogP contribution in [0.3, 0.4) is 0 Å². The summed E-state index contributed by atoms with van der Waals surface area (Å²) in [6, 6.07) is 14.2. The molecule has 0 aliphatic heterocycles. The van der Waals surface area contributed by atoms with Crippen molar-refractivity contribution in [2.75, 3.05) is 0 Å². The lowest BCUT2D eigenvalue weighted by Gasteiger charge is -2.11. The highest BCUT2D eigenvalue weighted by atomic mass is 16.1. The van der Waals surface area contributed by atoms with Crippen LogP contribution in [0.5, 0.6) is 0 Å². The predicted molar refractivity (Wildman–Crippen MR) is 71.4 cm³/mol. The molecule has 0 unspecified atom stereocenters. The molecule has 4 nitrogen and oxygen atoms in total. The SMILES string of the molecule is N=C(N)c1ccccc1-c1ccccc1C(N)=O. The van der Waals surface area contributed by atoms with Crippen molar-refractivity contribution in [2.45, 2.75) is 0 Å². The Morgan fingerprint density at radius 1 is 0.833 bits per heavy atom. The molecular weight excluding hydrogens is 226 g/mol. The minimum atomic E-state index is -0.496. The summed E-state index contributed by atoms with van der Waals surface area (Å²) in [7, 11) is 0. The molecule has 0 atom stereocenters. The molecule has 0 aliphatic rings. The normalized spacial score (nSPS) is 10.0. The predicted octanol–water partition coefficient (Wildman–Crippen LogP) is 1.74. The number of rotatable bonds is 3. The van der Waals surface area contributed by atoms with E-state index in [2.05, 4.69) is 0 Å². The van der Waals surface area contributed by atoms with Crippen LogP contribution in [0.25, 0.3) is 11.1 Å². The first-order chi connectivity index (χ1) is 8.61. The smallest absolute Gasteiger partial charge is 0.249 e. The number of benzene rings is 2. The van der Waals surface area contributed by atoms with E-state index < -0.39 is 5.91 Å². The van der Waals surface area contributed by atoms with Crippen LogP contribution >= 0.6 is 0 Å². The molecule has 4 heteroatoms. The molecule has 0 heterocycles. The van der Waals surface area contributed by atoms with E-state index in [0.717, 1.165) is 5.56 Å². The molecule has 2 rings (SSSR count). The van der Waals surface area contributed by atoms with E-state index in [0.29, 0.717) is 16.7 Å². The molecule has 5 N–H and O–H groups in total. The Balaban J connectivity index is 2.70. The number of nitrogens with one attached hydrogen (secondary N) is 1. The van der Waals surface area contributed by atoms with Gasteiger partial charge in [0.2, 0.25) is 5.91 Å². The van der Waals surface area contributed by atoms with Crippen LogP contribution in [0, 0.1) is 5.41 Å². The quantitative estimate of drug-likeness (QED) is 0.562. The van der Waals surface area contributed by atoms with Crippen LogP contribution < -0.4 is 11.5 Å². The summed E-state index contributed by atoms with van der Waals surface area (Å²) in [6.45, 7) is 0. The molecule has 0 aromatic heterocycles. The zero-order valence-corrected chi connectivity index (χ0v) is 9.68. The van der Waals surface area contributed by atoms with Gasteiger partial charge in [0.15, 0.2) is 0 Å². The van der Waals surface area contributed by atoms with Gasteiger partial charge in [-0.25, -0.2) is 0 Å². The van der Waals surface area contributed by atoms with E-state index in [1.165, 1.54) is 0 Å². The third-order valence-electron chi connectivity index (χ3n) is 2.70. The average molecular weight is 239 g/mol. The van der Waals surface area contributed by atoms with Gasteiger partial charge in [0.1, 0.15) is 5.84 Å². The number of nitrogens with two attached hydrogens (primary N) is 2. The number of primary amides is 1. The molecule has 0 saturated carbocycles. The van der Waals surface area contributed by atoms with Crippen molar-refractivity contribution in [3.63, 3.8) is 0 Å². The summed E-state index contributed by atoms with van der Waals surface area (Å²) >= 11 is 0. The van der Waals surface area contributed by atoms with Gasteiger partial charge in [-0.2, -0.15) is 0 Å². The number of amides is 1. The number of nitrogen functional groups attached to an aromatic ring is 1. The Morgan fingerprint density at radius 2 is 1.28 bits per heavy atom. The van der Waals surface area contributed by atoms with Crippen LogP contribution in [0.2, 0.25) is 0 Å². The van der Waals surface area contributed by atoms with Crippen LogP contribution in [0.4, 0.5) is 0 Å². The van der Waals surface area contributed by atoms with Gasteiger partial charge in [0, 0.05) is 11.1 Å². The molecular formula is C14H13N3O. The van der Waals surface area contributed by atoms with Gasteiger partial charge in [-0.3, -0.25) is 10.2 Å². The van der Waals surface area contributed by atoms with Gasteiger partial charge in [0.05, 0.1) is 0 Å². The Labute approximate surface area is 105 Å². The average Bonchev–Trinajstić information content (AvgIpc) is 2.38. The second-order valence-corrected chi connectivity index (χ2v) is 3.87. The molecule has 0 fully saturated rings. The van der Waals surface area contributed by atoms with Gasteiger partial charge in [0.25, 0.3) is 0 Å². The first kappa shape index (κ1) is 11.9. The molecule has 2 aromatic carbocycles. The summed E-state index contributed by atoms with van der Waals surface area (Å²) in [5, 5.41) is 7.56. The van der Waals surface area contributed by atoms with Crippen molar-refractivity contribution < 1.29 is 4.79 Å². The summed E-state index contributed by atoms with van der Waals surface area (Å²) in [4.78, 5) is 11.4. The fourth-order valence-corrected chi connectivity index (χ4v) is 1.89. The standard InChI is InChI=1S/C14H13N3O/c15-13(16)11-7-3-1-5-9(11)10-6-2-4-8-12(10)14(17)18/h1-8H,(H3,15,16)(H2,17,18). The Hall–Kier alpha value is -2.62. The van der Waals surface area contributed by atoms with E-state index in [4.69, 9.17) is 16.9 Å². The van der Waals surface area contributed by atoms with E-state index in [1.54, 1.807) is 30.3 Å². The highest BCUT2D eigenvalue weighted by Gasteiger charge is 2.13. The van der Waals surface area contributed by atoms with Crippen molar-refractivity contribution >= 4 is 11.7 Å². The molecule has 0 saturated heterocycles. The van der Waals surface area contributed by atoms with Gasteiger partial charge in [-0.1, -0.05) is 42.5 Å². The number of amidine groups is 1. The minimum Gasteiger partial charge on any atom is -0.384 e. The van der Waals surface area contributed by atoms with E-state index in [-0.39, 0.29) is 5.84 Å². The van der Waals surface area contributed by atoms with Crippen LogP contribution in [0.1, 0.15) is 15.9 Å². The lowest BCUT2D eigenvalue weighted by Crippen LogP contribution is -2.15. The van der Waals surface area contributed by atoms with Crippen molar-refractivity contribution in [1.82, 2.24) is 0 Å². The minimum absolute atomic E-state index is 0.0372.